The van der Waals surface area contributed by atoms with Gasteiger partial charge in [0.2, 0.25) is 0 Å². The Hall–Kier alpha value is -2.80. The number of allylic oxidation sites excluding steroid dienone is 3. The van der Waals surface area contributed by atoms with Crippen molar-refractivity contribution in [3.05, 3.63) is 64.5 Å². The van der Waals surface area contributed by atoms with E-state index in [1.54, 1.807) is 18.0 Å². The van der Waals surface area contributed by atoms with E-state index in [2.05, 4.69) is 26.7 Å². The predicted molar refractivity (Wildman–Crippen MR) is 111 cm³/mol. The quantitative estimate of drug-likeness (QED) is 0.580. The Kier molecular flexibility index (Phi) is 6.27. The van der Waals surface area contributed by atoms with Crippen LogP contribution in [0.25, 0.3) is 11.4 Å². The van der Waals surface area contributed by atoms with Gasteiger partial charge in [-0.3, -0.25) is 9.89 Å². The number of carbonyl (C=O) groups excluding carboxylic acids is 1. The lowest BCUT2D eigenvalue weighted by molar-refractivity contribution is -0.130. The number of aromatic amines is 1. The van der Waals surface area contributed by atoms with Crippen molar-refractivity contribution in [2.24, 2.45) is 0 Å². The highest BCUT2D eigenvalue weighted by atomic mass is 35.5. The second-order valence-electron chi connectivity index (χ2n) is 6.95. The summed E-state index contributed by atoms with van der Waals surface area (Å²) in [6.45, 7) is 9.17. The van der Waals surface area contributed by atoms with Gasteiger partial charge in [0.25, 0.3) is 5.91 Å². The summed E-state index contributed by atoms with van der Waals surface area (Å²) < 4.78 is 14.0. The standard InChI is InChI=1S/C21H23ClFN5O/c1-5-15(22)6-7-16(13(3)23)21(29)28-11-19-17(10-12(28)2)20(26-14(4)25-19)18-8-9-24-27-18/h6-9,12H,3,5,10-11H2,1-2,4H3,(H,24,27). The fraction of sp³-hybridized carbons (Fsp3) is 0.333. The number of hydrogen-bond donors (Lipinski definition) is 1. The lowest BCUT2D eigenvalue weighted by Crippen LogP contribution is -2.44. The Bertz CT molecular complexity index is 997. The largest absolute Gasteiger partial charge is 0.330 e. The van der Waals surface area contributed by atoms with E-state index in [9.17, 15) is 9.18 Å². The van der Waals surface area contributed by atoms with E-state index in [0.29, 0.717) is 23.7 Å². The molecule has 0 radical (unpaired) electrons. The minimum atomic E-state index is -0.790. The number of aryl methyl sites for hydroxylation is 1. The number of hydrogen-bond acceptors (Lipinski definition) is 4. The summed E-state index contributed by atoms with van der Waals surface area (Å²) >= 11 is 6.00. The fourth-order valence-corrected chi connectivity index (χ4v) is 3.39. The second-order valence-corrected chi connectivity index (χ2v) is 7.44. The zero-order valence-electron chi connectivity index (χ0n) is 16.7. The Morgan fingerprint density at radius 2 is 2.21 bits per heavy atom. The van der Waals surface area contributed by atoms with E-state index in [0.717, 1.165) is 22.6 Å². The molecule has 1 N–H and O–H groups in total. The zero-order valence-corrected chi connectivity index (χ0v) is 17.4. The molecule has 6 nitrogen and oxygen atoms in total. The third kappa shape index (κ3) is 4.45. The molecule has 2 aromatic rings. The Morgan fingerprint density at radius 1 is 1.45 bits per heavy atom. The molecule has 0 bridgehead atoms. The molecule has 1 atom stereocenters. The zero-order chi connectivity index (χ0) is 21.1. The Labute approximate surface area is 174 Å². The van der Waals surface area contributed by atoms with Crippen LogP contribution in [0, 0.1) is 6.92 Å². The highest BCUT2D eigenvalue weighted by molar-refractivity contribution is 6.29. The van der Waals surface area contributed by atoms with Crippen LogP contribution in [0.15, 0.2) is 47.4 Å². The van der Waals surface area contributed by atoms with Gasteiger partial charge in [-0.2, -0.15) is 5.10 Å². The summed E-state index contributed by atoms with van der Waals surface area (Å²) in [5.74, 6) is -0.632. The van der Waals surface area contributed by atoms with Crippen molar-refractivity contribution in [2.45, 2.75) is 46.2 Å². The molecule has 1 amide bonds. The van der Waals surface area contributed by atoms with E-state index in [4.69, 9.17) is 11.6 Å². The van der Waals surface area contributed by atoms with Crippen LogP contribution < -0.4 is 0 Å². The lowest BCUT2D eigenvalue weighted by Gasteiger charge is -2.35. The molecule has 8 heteroatoms. The number of amides is 1. The van der Waals surface area contributed by atoms with Crippen LogP contribution in [0.5, 0.6) is 0 Å². The molecule has 1 aliphatic rings. The normalized spacial score (nSPS) is 17.3. The van der Waals surface area contributed by atoms with Gasteiger partial charge >= 0.3 is 0 Å². The topological polar surface area (TPSA) is 74.8 Å². The van der Waals surface area contributed by atoms with Crippen LogP contribution in [0.2, 0.25) is 0 Å². The van der Waals surface area contributed by atoms with Gasteiger partial charge in [0.1, 0.15) is 11.7 Å². The lowest BCUT2D eigenvalue weighted by atomic mass is 9.95. The van der Waals surface area contributed by atoms with Gasteiger partial charge in [-0.25, -0.2) is 14.4 Å². The highest BCUT2D eigenvalue weighted by Crippen LogP contribution is 2.31. The molecule has 0 saturated heterocycles. The van der Waals surface area contributed by atoms with E-state index in [1.807, 2.05) is 19.9 Å². The van der Waals surface area contributed by atoms with Crippen molar-refractivity contribution in [2.75, 3.05) is 0 Å². The molecule has 1 unspecified atom stereocenters. The van der Waals surface area contributed by atoms with E-state index in [1.165, 1.54) is 12.2 Å². The summed E-state index contributed by atoms with van der Waals surface area (Å²) in [5.41, 5.74) is 3.20. The first kappa shape index (κ1) is 20.9. The number of fused-ring (bicyclic) bond motifs is 1. The molecule has 0 saturated carbocycles. The Balaban J connectivity index is 1.97. The van der Waals surface area contributed by atoms with Gasteiger partial charge in [0, 0.05) is 22.8 Å². The van der Waals surface area contributed by atoms with Gasteiger partial charge < -0.3 is 4.90 Å². The molecule has 3 rings (SSSR count). The van der Waals surface area contributed by atoms with Crippen LogP contribution in [0.1, 0.15) is 37.4 Å². The predicted octanol–water partition coefficient (Wildman–Crippen LogP) is 4.39. The maximum Gasteiger partial charge on any atom is 0.257 e. The highest BCUT2D eigenvalue weighted by Gasteiger charge is 2.32. The number of nitrogens with one attached hydrogen (secondary N) is 1. The van der Waals surface area contributed by atoms with E-state index >= 15 is 0 Å². The summed E-state index contributed by atoms with van der Waals surface area (Å²) in [5, 5.41) is 7.46. The third-order valence-electron chi connectivity index (χ3n) is 4.86. The number of nitrogens with zero attached hydrogens (tertiary/aromatic N) is 4. The van der Waals surface area contributed by atoms with Gasteiger partial charge in [0.05, 0.1) is 29.2 Å². The van der Waals surface area contributed by atoms with Crippen molar-refractivity contribution in [1.29, 1.82) is 0 Å². The summed E-state index contributed by atoms with van der Waals surface area (Å²) in [6, 6.07) is 1.68. The van der Waals surface area contributed by atoms with Crippen molar-refractivity contribution in [3.8, 4) is 11.4 Å². The maximum atomic E-state index is 14.0. The van der Waals surface area contributed by atoms with Crippen molar-refractivity contribution in [3.63, 3.8) is 0 Å². The first-order valence-corrected chi connectivity index (χ1v) is 9.77. The van der Waals surface area contributed by atoms with Gasteiger partial charge in [-0.05, 0) is 44.9 Å². The third-order valence-corrected chi connectivity index (χ3v) is 5.26. The van der Waals surface area contributed by atoms with E-state index < -0.39 is 11.7 Å². The molecule has 29 heavy (non-hydrogen) atoms. The average Bonchev–Trinajstić information content (AvgIpc) is 3.21. The average molecular weight is 416 g/mol. The van der Waals surface area contributed by atoms with E-state index in [-0.39, 0.29) is 18.2 Å². The van der Waals surface area contributed by atoms with Crippen molar-refractivity contribution < 1.29 is 9.18 Å². The first-order chi connectivity index (χ1) is 13.8. The molecular formula is C21H23ClFN5O. The fourth-order valence-electron chi connectivity index (χ4n) is 3.33. The molecule has 0 aliphatic carbocycles. The molecule has 0 fully saturated rings. The van der Waals surface area contributed by atoms with Crippen LogP contribution >= 0.6 is 11.6 Å². The molecule has 2 aromatic heterocycles. The number of H-pyrrole nitrogens is 1. The summed E-state index contributed by atoms with van der Waals surface area (Å²) in [4.78, 5) is 23.8. The van der Waals surface area contributed by atoms with Crippen molar-refractivity contribution in [1.82, 2.24) is 25.1 Å². The van der Waals surface area contributed by atoms with Crippen molar-refractivity contribution >= 4 is 17.5 Å². The SMILES string of the molecule is C=C(F)C(=CC=C(Cl)CC)C(=O)N1Cc2nc(C)nc(-c3ccn[nH]3)c2CC1C. The smallest absolute Gasteiger partial charge is 0.257 e. The molecule has 1 aliphatic heterocycles. The second kappa shape index (κ2) is 8.69. The monoisotopic (exact) mass is 415 g/mol. The minimum absolute atomic E-state index is 0.105. The molecule has 152 valence electrons. The number of halogens is 2. The number of aromatic nitrogens is 4. The maximum absolute atomic E-state index is 14.0. The summed E-state index contributed by atoms with van der Waals surface area (Å²) in [6.07, 6.45) is 5.73. The van der Waals surface area contributed by atoms with Crippen LogP contribution in [-0.2, 0) is 17.8 Å². The number of carbonyl (C=O) groups is 1. The van der Waals surface area contributed by atoms with Crippen LogP contribution in [0.3, 0.4) is 0 Å². The number of rotatable bonds is 5. The minimum Gasteiger partial charge on any atom is -0.330 e. The molecule has 0 spiro atoms. The van der Waals surface area contributed by atoms with Gasteiger partial charge in [0.15, 0.2) is 0 Å². The van der Waals surface area contributed by atoms with Crippen LogP contribution in [0.4, 0.5) is 4.39 Å². The molecular weight excluding hydrogens is 393 g/mol. The van der Waals surface area contributed by atoms with Gasteiger partial charge in [-0.15, -0.1) is 0 Å². The first-order valence-electron chi connectivity index (χ1n) is 9.40. The Morgan fingerprint density at radius 3 is 2.83 bits per heavy atom. The molecule has 3 heterocycles. The molecule has 0 aromatic carbocycles. The van der Waals surface area contributed by atoms with Gasteiger partial charge in [-0.1, -0.05) is 25.1 Å². The summed E-state index contributed by atoms with van der Waals surface area (Å²) in [7, 11) is 0. The van der Waals surface area contributed by atoms with Crippen LogP contribution in [-0.4, -0.2) is 37.0 Å².